The van der Waals surface area contributed by atoms with Crippen LogP contribution in [0.5, 0.6) is 0 Å². The first-order valence-electron chi connectivity index (χ1n) is 12.1. The maximum absolute atomic E-state index is 14.8. The highest BCUT2D eigenvalue weighted by molar-refractivity contribution is 6.34. The highest BCUT2D eigenvalue weighted by Gasteiger charge is 2.57. The van der Waals surface area contributed by atoms with Gasteiger partial charge in [-0.25, -0.2) is 23.9 Å². The van der Waals surface area contributed by atoms with Gasteiger partial charge in [-0.05, 0) is 45.0 Å². The van der Waals surface area contributed by atoms with Crippen LogP contribution in [0.4, 0.5) is 4.39 Å². The first-order chi connectivity index (χ1) is 18.6. The van der Waals surface area contributed by atoms with Gasteiger partial charge < -0.3 is 19.3 Å². The number of fused-ring (bicyclic) bond motifs is 1. The van der Waals surface area contributed by atoms with Crippen LogP contribution in [0.25, 0.3) is 11.0 Å². The molecule has 2 aromatic carbocycles. The van der Waals surface area contributed by atoms with Crippen LogP contribution in [0.15, 0.2) is 61.1 Å². The standard InChI is InChI=1S/C28H25ClFN3O6/c1-15-4-8-17(9-5-15)25(34)37-13-20-22(39-26(35)18-10-6-16(2)7-11-18)28(3,36)27(38-20)33-12-19(30)21-23(29)31-14-32-24(21)33/h4-12,14,20,22,27,36H,13H2,1-3H3/t20-,22-,27-,28-/m1/s1. The van der Waals surface area contributed by atoms with Crippen LogP contribution in [-0.2, 0) is 14.2 Å². The quantitative estimate of drug-likeness (QED) is 0.273. The SMILES string of the molecule is Cc1ccc(C(=O)OC[C@H]2O[C@@H](n3cc(F)c4c(Cl)ncnc43)[C@](C)(O)[C@@H]2OC(=O)c2ccc(C)cc2)cc1. The fourth-order valence-electron chi connectivity index (χ4n) is 4.55. The van der Waals surface area contributed by atoms with Crippen molar-refractivity contribution in [2.75, 3.05) is 6.61 Å². The molecule has 39 heavy (non-hydrogen) atoms. The maximum atomic E-state index is 14.8. The summed E-state index contributed by atoms with van der Waals surface area (Å²) >= 11 is 6.08. The third-order valence-corrected chi connectivity index (χ3v) is 6.96. The van der Waals surface area contributed by atoms with E-state index in [9.17, 15) is 19.1 Å². The molecule has 11 heteroatoms. The monoisotopic (exact) mass is 553 g/mol. The van der Waals surface area contributed by atoms with Crippen LogP contribution >= 0.6 is 11.6 Å². The summed E-state index contributed by atoms with van der Waals surface area (Å²) in [5.74, 6) is -2.06. The molecule has 1 fully saturated rings. The summed E-state index contributed by atoms with van der Waals surface area (Å²) in [7, 11) is 0. The fourth-order valence-corrected chi connectivity index (χ4v) is 4.77. The van der Waals surface area contributed by atoms with Gasteiger partial charge in [0.1, 0.15) is 35.4 Å². The van der Waals surface area contributed by atoms with Crippen LogP contribution in [0.3, 0.4) is 0 Å². The Morgan fingerprint density at radius 1 is 1.05 bits per heavy atom. The molecule has 2 aromatic heterocycles. The van der Waals surface area contributed by atoms with E-state index in [1.807, 2.05) is 13.8 Å². The molecule has 202 valence electrons. The number of carbonyl (C=O) groups excluding carboxylic acids is 2. The first kappa shape index (κ1) is 26.7. The Balaban J connectivity index is 1.46. The van der Waals surface area contributed by atoms with Crippen molar-refractivity contribution >= 4 is 34.6 Å². The van der Waals surface area contributed by atoms with Crippen molar-refractivity contribution in [3.05, 3.63) is 94.3 Å². The zero-order chi connectivity index (χ0) is 27.9. The normalized spacial score (nSPS) is 22.7. The lowest BCUT2D eigenvalue weighted by Gasteiger charge is -2.30. The number of aliphatic hydroxyl groups is 1. The molecule has 0 aliphatic carbocycles. The molecule has 4 atom stereocenters. The number of hydrogen-bond donors (Lipinski definition) is 1. The van der Waals surface area contributed by atoms with Crippen LogP contribution < -0.4 is 0 Å². The van der Waals surface area contributed by atoms with Crippen molar-refractivity contribution in [1.82, 2.24) is 14.5 Å². The highest BCUT2D eigenvalue weighted by atomic mass is 35.5. The summed E-state index contributed by atoms with van der Waals surface area (Å²) in [6.07, 6.45) is -1.47. The van der Waals surface area contributed by atoms with Gasteiger partial charge >= 0.3 is 11.9 Å². The molecule has 5 rings (SSSR count). The van der Waals surface area contributed by atoms with Crippen molar-refractivity contribution in [2.24, 2.45) is 0 Å². The predicted octanol–water partition coefficient (Wildman–Crippen LogP) is 4.57. The predicted molar refractivity (Wildman–Crippen MR) is 139 cm³/mol. The number of hydrogen-bond acceptors (Lipinski definition) is 8. The zero-order valence-corrected chi connectivity index (χ0v) is 22.1. The number of aromatic nitrogens is 3. The summed E-state index contributed by atoms with van der Waals surface area (Å²) in [5, 5.41) is 11.5. The Kier molecular flexibility index (Phi) is 7.11. The minimum atomic E-state index is -1.91. The first-order valence-corrected chi connectivity index (χ1v) is 12.5. The zero-order valence-electron chi connectivity index (χ0n) is 21.3. The second-order valence-corrected chi connectivity index (χ2v) is 10.0. The molecule has 0 spiro atoms. The number of ether oxygens (including phenoxy) is 3. The average molecular weight is 554 g/mol. The molecule has 0 unspecified atom stereocenters. The lowest BCUT2D eigenvalue weighted by Crippen LogP contribution is -2.47. The molecule has 1 N–H and O–H groups in total. The third-order valence-electron chi connectivity index (χ3n) is 6.67. The Morgan fingerprint density at radius 3 is 2.26 bits per heavy atom. The van der Waals surface area contributed by atoms with Gasteiger partial charge in [0.15, 0.2) is 18.1 Å². The van der Waals surface area contributed by atoms with E-state index >= 15 is 0 Å². The molecule has 9 nitrogen and oxygen atoms in total. The lowest BCUT2D eigenvalue weighted by atomic mass is 9.96. The number of carbonyl (C=O) groups is 2. The Bertz CT molecular complexity index is 1540. The minimum Gasteiger partial charge on any atom is -0.459 e. The molecule has 1 aliphatic rings. The van der Waals surface area contributed by atoms with Crippen molar-refractivity contribution < 1.29 is 33.3 Å². The highest BCUT2D eigenvalue weighted by Crippen LogP contribution is 2.42. The lowest BCUT2D eigenvalue weighted by molar-refractivity contribution is -0.0978. The summed E-state index contributed by atoms with van der Waals surface area (Å²) < 4.78 is 33.4. The van der Waals surface area contributed by atoms with Crippen LogP contribution in [0, 0.1) is 19.7 Å². The van der Waals surface area contributed by atoms with E-state index in [-0.39, 0.29) is 28.4 Å². The number of benzene rings is 2. The van der Waals surface area contributed by atoms with E-state index < -0.39 is 41.8 Å². The van der Waals surface area contributed by atoms with Gasteiger partial charge in [0, 0.05) is 6.20 Å². The Morgan fingerprint density at radius 2 is 1.64 bits per heavy atom. The summed E-state index contributed by atoms with van der Waals surface area (Å²) in [6, 6.07) is 13.5. The van der Waals surface area contributed by atoms with Gasteiger partial charge in [-0.1, -0.05) is 47.0 Å². The molecule has 3 heterocycles. The summed E-state index contributed by atoms with van der Waals surface area (Å²) in [6.45, 7) is 4.80. The fraction of sp³-hybridized carbons (Fsp3) is 0.286. The van der Waals surface area contributed by atoms with Gasteiger partial charge in [0.25, 0.3) is 0 Å². The van der Waals surface area contributed by atoms with Gasteiger partial charge in [0.05, 0.1) is 16.5 Å². The molecular weight excluding hydrogens is 529 g/mol. The van der Waals surface area contributed by atoms with Gasteiger partial charge in [-0.15, -0.1) is 0 Å². The second kappa shape index (κ2) is 10.4. The Labute approximate surface area is 228 Å². The number of nitrogens with zero attached hydrogens (tertiary/aromatic N) is 3. The smallest absolute Gasteiger partial charge is 0.338 e. The van der Waals surface area contributed by atoms with Crippen LogP contribution in [0.1, 0.15) is 45.0 Å². The van der Waals surface area contributed by atoms with Crippen LogP contribution in [0.2, 0.25) is 5.15 Å². The molecule has 1 saturated heterocycles. The number of halogens is 2. The largest absolute Gasteiger partial charge is 0.459 e. The van der Waals surface area contributed by atoms with Crippen molar-refractivity contribution in [3.63, 3.8) is 0 Å². The molecule has 0 amide bonds. The number of esters is 2. The molecule has 0 bridgehead atoms. The average Bonchev–Trinajstić information content (AvgIpc) is 3.36. The van der Waals surface area contributed by atoms with Crippen molar-refractivity contribution in [1.29, 1.82) is 0 Å². The molecule has 1 aliphatic heterocycles. The molecule has 0 radical (unpaired) electrons. The topological polar surface area (TPSA) is 113 Å². The van der Waals surface area contributed by atoms with Gasteiger partial charge in [-0.2, -0.15) is 0 Å². The van der Waals surface area contributed by atoms with E-state index in [2.05, 4.69) is 9.97 Å². The van der Waals surface area contributed by atoms with Crippen molar-refractivity contribution in [2.45, 2.75) is 44.8 Å². The molecular formula is C28H25ClFN3O6. The van der Waals surface area contributed by atoms with Gasteiger partial charge in [0.2, 0.25) is 0 Å². The van der Waals surface area contributed by atoms with Crippen LogP contribution in [-0.4, -0.2) is 56.0 Å². The summed E-state index contributed by atoms with van der Waals surface area (Å²) in [4.78, 5) is 33.6. The maximum Gasteiger partial charge on any atom is 0.338 e. The molecule has 0 saturated carbocycles. The summed E-state index contributed by atoms with van der Waals surface area (Å²) in [5.41, 5.74) is 0.663. The third kappa shape index (κ3) is 5.10. The minimum absolute atomic E-state index is 0.0546. The van der Waals surface area contributed by atoms with E-state index in [0.29, 0.717) is 5.56 Å². The van der Waals surface area contributed by atoms with Gasteiger partial charge in [-0.3, -0.25) is 4.57 Å². The van der Waals surface area contributed by atoms with E-state index in [1.165, 1.54) is 11.5 Å². The van der Waals surface area contributed by atoms with E-state index in [4.69, 9.17) is 25.8 Å². The number of rotatable bonds is 6. The Hall–Kier alpha value is -3.86. The van der Waals surface area contributed by atoms with E-state index in [1.54, 1.807) is 48.5 Å². The second-order valence-electron chi connectivity index (χ2n) is 9.66. The number of aryl methyl sites for hydroxylation is 2. The van der Waals surface area contributed by atoms with E-state index in [0.717, 1.165) is 23.7 Å². The molecule has 4 aromatic rings. The van der Waals surface area contributed by atoms with Crippen molar-refractivity contribution in [3.8, 4) is 0 Å².